The number of benzene rings is 3. The van der Waals surface area contributed by atoms with Crippen LogP contribution >= 0.6 is 0 Å². The van der Waals surface area contributed by atoms with Crippen LogP contribution in [-0.4, -0.2) is 35.5 Å². The second-order valence-electron chi connectivity index (χ2n) is 10.1. The van der Waals surface area contributed by atoms with E-state index in [4.69, 9.17) is 0 Å². The highest BCUT2D eigenvalue weighted by molar-refractivity contribution is 5.82. The molecule has 0 spiro atoms. The Morgan fingerprint density at radius 2 is 1.58 bits per heavy atom. The van der Waals surface area contributed by atoms with Crippen LogP contribution in [0.4, 0.5) is 0 Å². The van der Waals surface area contributed by atoms with E-state index in [2.05, 4.69) is 105 Å². The molecule has 0 bridgehead atoms. The van der Waals surface area contributed by atoms with E-state index in [1.807, 2.05) is 12.4 Å². The summed E-state index contributed by atoms with van der Waals surface area (Å²) in [6.07, 6.45) is 5.93. The van der Waals surface area contributed by atoms with Gasteiger partial charge in [0.15, 0.2) is 0 Å². The fourth-order valence-corrected chi connectivity index (χ4v) is 6.25. The maximum absolute atomic E-state index is 14.3. The number of likely N-dealkylation sites (tertiary alicyclic amines) is 1. The van der Waals surface area contributed by atoms with Crippen LogP contribution in [0.25, 0.3) is 11.1 Å². The molecule has 2 aliphatic heterocycles. The fourth-order valence-electron chi connectivity index (χ4n) is 6.25. The Morgan fingerprint density at radius 1 is 0.861 bits per heavy atom. The lowest BCUT2D eigenvalue weighted by atomic mass is 9.80. The van der Waals surface area contributed by atoms with Gasteiger partial charge in [0, 0.05) is 25.6 Å². The van der Waals surface area contributed by atoms with Gasteiger partial charge in [-0.15, -0.1) is 5.10 Å². The first kappa shape index (κ1) is 22.7. The van der Waals surface area contributed by atoms with Crippen LogP contribution < -0.4 is 10.4 Å². The Balaban J connectivity index is 1.30. The van der Waals surface area contributed by atoms with Gasteiger partial charge in [-0.2, -0.15) is 5.10 Å². The summed E-state index contributed by atoms with van der Waals surface area (Å²) in [5.41, 5.74) is 6.16. The number of H-pyrrole nitrogens is 2. The lowest BCUT2D eigenvalue weighted by molar-refractivity contribution is -0.448. The number of aromatic amines is 2. The number of carbonyl (C=O) groups excluding carboxylic acids is 1. The highest BCUT2D eigenvalue weighted by Gasteiger charge is 2.41. The minimum atomic E-state index is -0.0754. The Hall–Kier alpha value is -3.70. The van der Waals surface area contributed by atoms with Crippen LogP contribution in [0.15, 0.2) is 97.3 Å². The zero-order valence-electron chi connectivity index (χ0n) is 20.4. The number of piperidine rings is 1. The van der Waals surface area contributed by atoms with Crippen molar-refractivity contribution in [2.24, 2.45) is 5.92 Å². The number of amides is 1. The van der Waals surface area contributed by atoms with Crippen LogP contribution in [0.3, 0.4) is 0 Å². The summed E-state index contributed by atoms with van der Waals surface area (Å²) in [4.78, 5) is 16.5. The monoisotopic (exact) mass is 477 g/mol. The first-order chi connectivity index (χ1) is 17.8. The molecule has 0 saturated carbocycles. The molecule has 2 aliphatic rings. The van der Waals surface area contributed by atoms with Crippen molar-refractivity contribution in [1.82, 2.24) is 15.3 Å². The average molecular weight is 478 g/mol. The Kier molecular flexibility index (Phi) is 6.39. The van der Waals surface area contributed by atoms with Gasteiger partial charge in [0.05, 0.1) is 23.7 Å². The molecular formula is C31H33N4O+. The van der Waals surface area contributed by atoms with Gasteiger partial charge in [0.2, 0.25) is 12.1 Å². The van der Waals surface area contributed by atoms with Crippen molar-refractivity contribution in [2.45, 2.75) is 30.7 Å². The molecule has 4 aromatic rings. The molecule has 0 radical (unpaired) electrons. The van der Waals surface area contributed by atoms with Crippen molar-refractivity contribution in [3.05, 3.63) is 114 Å². The van der Waals surface area contributed by atoms with Gasteiger partial charge in [-0.1, -0.05) is 84.9 Å². The van der Waals surface area contributed by atoms with Gasteiger partial charge in [-0.05, 0) is 41.0 Å². The fraction of sp³-hybridized carbons (Fsp3) is 0.290. The molecular weight excluding hydrogens is 444 g/mol. The molecule has 4 atom stereocenters. The molecule has 2 saturated heterocycles. The van der Waals surface area contributed by atoms with Gasteiger partial charge in [0.25, 0.3) is 0 Å². The van der Waals surface area contributed by atoms with Crippen molar-refractivity contribution >= 4 is 5.91 Å². The maximum atomic E-state index is 14.3. The molecule has 1 amide bonds. The van der Waals surface area contributed by atoms with E-state index in [0.717, 1.165) is 38.0 Å². The van der Waals surface area contributed by atoms with Crippen molar-refractivity contribution in [3.8, 4) is 11.1 Å². The van der Waals surface area contributed by atoms with Crippen LogP contribution in [0.2, 0.25) is 0 Å². The van der Waals surface area contributed by atoms with Crippen molar-refractivity contribution < 1.29 is 9.89 Å². The second-order valence-corrected chi connectivity index (χ2v) is 10.1. The number of hydrogen-bond donors (Lipinski definition) is 2. The highest BCUT2D eigenvalue weighted by atomic mass is 16.2. The number of hydrogen-bond acceptors (Lipinski definition) is 2. The largest absolute Gasteiger partial charge is 0.335 e. The summed E-state index contributed by atoms with van der Waals surface area (Å²) in [6, 6.07) is 30.0. The predicted molar refractivity (Wildman–Crippen MR) is 141 cm³/mol. The number of rotatable bonds is 5. The van der Waals surface area contributed by atoms with E-state index >= 15 is 0 Å². The average Bonchev–Trinajstić information content (AvgIpc) is 3.66. The molecule has 5 nitrogen and oxygen atoms in total. The van der Waals surface area contributed by atoms with E-state index in [1.165, 1.54) is 22.3 Å². The zero-order chi connectivity index (χ0) is 24.3. The second kappa shape index (κ2) is 10.1. The molecule has 0 aliphatic carbocycles. The standard InChI is InChI=1S/C31H32N4O/c36-31(29-21-32-20-28(29)27-14-8-7-13-26(27)25-18-33-34-19-25)35-16-15-24(22-9-3-1-4-10-22)17-30(35)23-11-5-2-6-12-23/h1-14,18-19,24,28-30,32H,15-17,20-21H2,(H,33,34)/p+1/t24-,28-,29+,30+/m0/s1. The summed E-state index contributed by atoms with van der Waals surface area (Å²) in [7, 11) is 0. The van der Waals surface area contributed by atoms with Gasteiger partial charge in [-0.3, -0.25) is 4.79 Å². The van der Waals surface area contributed by atoms with E-state index in [-0.39, 0.29) is 23.8 Å². The molecule has 5 heteroatoms. The Morgan fingerprint density at radius 3 is 2.33 bits per heavy atom. The molecule has 2 fully saturated rings. The summed E-state index contributed by atoms with van der Waals surface area (Å²) in [6.45, 7) is 2.32. The lowest BCUT2D eigenvalue weighted by Crippen LogP contribution is -2.45. The molecule has 6 rings (SSSR count). The highest BCUT2D eigenvalue weighted by Crippen LogP contribution is 2.42. The van der Waals surface area contributed by atoms with Crippen LogP contribution in [0.1, 0.15) is 47.4 Å². The molecule has 1 aromatic heterocycles. The van der Waals surface area contributed by atoms with E-state index in [0.29, 0.717) is 5.92 Å². The maximum Gasteiger partial charge on any atom is 0.228 e. The van der Waals surface area contributed by atoms with Crippen LogP contribution in [0, 0.1) is 5.92 Å². The lowest BCUT2D eigenvalue weighted by Gasteiger charge is -2.42. The molecule has 3 heterocycles. The third kappa shape index (κ3) is 4.35. The first-order valence-electron chi connectivity index (χ1n) is 13.0. The van der Waals surface area contributed by atoms with Gasteiger partial charge >= 0.3 is 0 Å². The number of aromatic nitrogens is 2. The number of nitrogens with zero attached hydrogens (tertiary/aromatic N) is 1. The first-order valence-corrected chi connectivity index (χ1v) is 13.0. The van der Waals surface area contributed by atoms with Crippen molar-refractivity contribution in [2.75, 3.05) is 19.6 Å². The van der Waals surface area contributed by atoms with Crippen molar-refractivity contribution in [1.29, 1.82) is 0 Å². The third-order valence-electron chi connectivity index (χ3n) is 8.08. The molecule has 0 unspecified atom stereocenters. The normalized spacial score (nSPS) is 24.1. The Labute approximate surface area is 212 Å². The zero-order valence-corrected chi connectivity index (χ0v) is 20.4. The van der Waals surface area contributed by atoms with Gasteiger partial charge < -0.3 is 10.2 Å². The number of nitrogens with one attached hydrogen (secondary N) is 3. The molecule has 3 aromatic carbocycles. The minimum Gasteiger partial charge on any atom is -0.335 e. The summed E-state index contributed by atoms with van der Waals surface area (Å²) < 4.78 is 0. The summed E-state index contributed by atoms with van der Waals surface area (Å²) in [5.74, 6) is 0.810. The van der Waals surface area contributed by atoms with Crippen LogP contribution in [-0.2, 0) is 4.79 Å². The van der Waals surface area contributed by atoms with Gasteiger partial charge in [0.1, 0.15) is 0 Å². The van der Waals surface area contributed by atoms with E-state index < -0.39 is 0 Å². The summed E-state index contributed by atoms with van der Waals surface area (Å²) >= 11 is 0. The van der Waals surface area contributed by atoms with E-state index in [1.54, 1.807) is 0 Å². The molecule has 36 heavy (non-hydrogen) atoms. The summed E-state index contributed by atoms with van der Waals surface area (Å²) in [5, 5.41) is 9.65. The van der Waals surface area contributed by atoms with Crippen molar-refractivity contribution in [3.63, 3.8) is 0 Å². The number of carbonyl (C=O) groups is 1. The minimum absolute atomic E-state index is 0.0754. The van der Waals surface area contributed by atoms with E-state index in [9.17, 15) is 4.79 Å². The quantitative estimate of drug-likeness (QED) is 0.427. The van der Waals surface area contributed by atoms with Gasteiger partial charge in [-0.25, -0.2) is 0 Å². The predicted octanol–water partition coefficient (Wildman–Crippen LogP) is 4.95. The molecule has 182 valence electrons. The topological polar surface area (TPSA) is 62.3 Å². The van der Waals surface area contributed by atoms with Crippen LogP contribution in [0.5, 0.6) is 0 Å². The SMILES string of the molecule is O=C([C@@H]1CNC[C@H]1c1ccccc1-c1c[nH][nH+]c1)N1CC[C@H](c2ccccc2)C[C@@H]1c1ccccc1. The third-order valence-corrected chi connectivity index (χ3v) is 8.08. The molecule has 3 N–H and O–H groups in total. The smallest absolute Gasteiger partial charge is 0.228 e. The Bertz CT molecular complexity index is 1290.